The average molecular weight is 238 g/mol. The molecule has 2 unspecified atom stereocenters. The summed E-state index contributed by atoms with van der Waals surface area (Å²) in [5.74, 6) is 0.904. The summed E-state index contributed by atoms with van der Waals surface area (Å²) in [6.07, 6.45) is 6.95. The van der Waals surface area contributed by atoms with Crippen molar-refractivity contribution in [3.8, 4) is 0 Å². The first-order chi connectivity index (χ1) is 8.07. The Hall–Kier alpha value is -0.570. The monoisotopic (exact) mass is 238 g/mol. The van der Waals surface area contributed by atoms with E-state index in [4.69, 9.17) is 5.73 Å². The SMILES string of the molecule is CC1CC(CN)CN1C(=O)C1(C)CCCCC1. The molecule has 2 rings (SSSR count). The summed E-state index contributed by atoms with van der Waals surface area (Å²) >= 11 is 0. The standard InChI is InChI=1S/C14H26N2O/c1-11-8-12(9-15)10-16(11)13(17)14(2)6-4-3-5-7-14/h11-12H,3-10,15H2,1-2H3. The maximum absolute atomic E-state index is 12.7. The average Bonchev–Trinajstić information content (AvgIpc) is 2.70. The van der Waals surface area contributed by atoms with E-state index in [1.54, 1.807) is 0 Å². The van der Waals surface area contributed by atoms with Crippen molar-refractivity contribution in [2.24, 2.45) is 17.1 Å². The van der Waals surface area contributed by atoms with Crippen LogP contribution in [0.25, 0.3) is 0 Å². The second-order valence-electron chi connectivity index (χ2n) is 6.27. The molecule has 1 aliphatic heterocycles. The second kappa shape index (κ2) is 4.97. The molecule has 3 heteroatoms. The number of hydrogen-bond acceptors (Lipinski definition) is 2. The quantitative estimate of drug-likeness (QED) is 0.801. The van der Waals surface area contributed by atoms with Crippen molar-refractivity contribution in [2.45, 2.75) is 58.4 Å². The molecule has 1 amide bonds. The van der Waals surface area contributed by atoms with Gasteiger partial charge in [0, 0.05) is 18.0 Å². The van der Waals surface area contributed by atoms with E-state index in [1.165, 1.54) is 19.3 Å². The van der Waals surface area contributed by atoms with Crippen molar-refractivity contribution in [2.75, 3.05) is 13.1 Å². The first-order valence-corrected chi connectivity index (χ1v) is 7.08. The van der Waals surface area contributed by atoms with E-state index in [9.17, 15) is 4.79 Å². The lowest BCUT2D eigenvalue weighted by molar-refractivity contribution is -0.143. The van der Waals surface area contributed by atoms with Gasteiger partial charge in [0.25, 0.3) is 0 Å². The summed E-state index contributed by atoms with van der Waals surface area (Å²) in [7, 11) is 0. The molecular weight excluding hydrogens is 212 g/mol. The minimum Gasteiger partial charge on any atom is -0.339 e. The zero-order valence-electron chi connectivity index (χ0n) is 11.2. The molecule has 0 bridgehead atoms. The van der Waals surface area contributed by atoms with Gasteiger partial charge >= 0.3 is 0 Å². The Morgan fingerprint density at radius 1 is 1.35 bits per heavy atom. The van der Waals surface area contributed by atoms with Crippen LogP contribution in [0.15, 0.2) is 0 Å². The van der Waals surface area contributed by atoms with E-state index in [2.05, 4.69) is 18.7 Å². The first-order valence-electron chi connectivity index (χ1n) is 7.08. The first kappa shape index (κ1) is 12.9. The largest absolute Gasteiger partial charge is 0.339 e. The highest BCUT2D eigenvalue weighted by atomic mass is 16.2. The maximum atomic E-state index is 12.7. The van der Waals surface area contributed by atoms with Gasteiger partial charge in [0.1, 0.15) is 0 Å². The van der Waals surface area contributed by atoms with Crippen LogP contribution < -0.4 is 5.73 Å². The highest BCUT2D eigenvalue weighted by molar-refractivity contribution is 5.83. The van der Waals surface area contributed by atoms with Gasteiger partial charge in [0.05, 0.1) is 0 Å². The minimum atomic E-state index is -0.0873. The molecule has 1 aliphatic carbocycles. The molecule has 17 heavy (non-hydrogen) atoms. The van der Waals surface area contributed by atoms with E-state index in [0.717, 1.165) is 25.8 Å². The Labute approximate surface area is 105 Å². The van der Waals surface area contributed by atoms with Crippen molar-refractivity contribution in [3.63, 3.8) is 0 Å². The third-order valence-electron chi connectivity index (χ3n) is 4.73. The zero-order chi connectivity index (χ0) is 12.5. The predicted molar refractivity (Wildman–Crippen MR) is 69.5 cm³/mol. The van der Waals surface area contributed by atoms with Crippen LogP contribution in [-0.2, 0) is 4.79 Å². The number of hydrogen-bond donors (Lipinski definition) is 1. The Kier molecular flexibility index (Phi) is 3.76. The van der Waals surface area contributed by atoms with Crippen LogP contribution in [0.2, 0.25) is 0 Å². The molecule has 1 heterocycles. The topological polar surface area (TPSA) is 46.3 Å². The summed E-state index contributed by atoms with van der Waals surface area (Å²) in [6.45, 7) is 5.92. The maximum Gasteiger partial charge on any atom is 0.228 e. The lowest BCUT2D eigenvalue weighted by Gasteiger charge is -2.37. The number of nitrogens with zero attached hydrogens (tertiary/aromatic N) is 1. The molecular formula is C14H26N2O. The van der Waals surface area contributed by atoms with Gasteiger partial charge in [-0.15, -0.1) is 0 Å². The number of carbonyl (C=O) groups is 1. The zero-order valence-corrected chi connectivity index (χ0v) is 11.2. The molecule has 3 nitrogen and oxygen atoms in total. The van der Waals surface area contributed by atoms with Gasteiger partial charge in [-0.2, -0.15) is 0 Å². The van der Waals surface area contributed by atoms with E-state index < -0.39 is 0 Å². The van der Waals surface area contributed by atoms with E-state index in [1.807, 2.05) is 0 Å². The Bertz CT molecular complexity index is 284. The van der Waals surface area contributed by atoms with Gasteiger partial charge in [0.15, 0.2) is 0 Å². The van der Waals surface area contributed by atoms with Crippen LogP contribution in [-0.4, -0.2) is 29.9 Å². The molecule has 2 fully saturated rings. The number of likely N-dealkylation sites (tertiary alicyclic amines) is 1. The summed E-state index contributed by atoms with van der Waals surface area (Å²) in [4.78, 5) is 14.8. The molecule has 0 spiro atoms. The predicted octanol–water partition coefficient (Wildman–Crippen LogP) is 2.15. The smallest absolute Gasteiger partial charge is 0.228 e. The fraction of sp³-hybridized carbons (Fsp3) is 0.929. The molecule has 0 aromatic rings. The number of amides is 1. The lowest BCUT2D eigenvalue weighted by atomic mass is 9.74. The van der Waals surface area contributed by atoms with Crippen LogP contribution in [0.5, 0.6) is 0 Å². The number of rotatable bonds is 2. The third-order valence-corrected chi connectivity index (χ3v) is 4.73. The lowest BCUT2D eigenvalue weighted by Crippen LogP contribution is -2.45. The van der Waals surface area contributed by atoms with E-state index in [-0.39, 0.29) is 5.41 Å². The highest BCUT2D eigenvalue weighted by Gasteiger charge is 2.42. The number of nitrogens with two attached hydrogens (primary N) is 1. The number of carbonyl (C=O) groups excluding carboxylic acids is 1. The summed E-state index contributed by atoms with van der Waals surface area (Å²) in [5, 5.41) is 0. The van der Waals surface area contributed by atoms with Crippen molar-refractivity contribution >= 4 is 5.91 Å². The van der Waals surface area contributed by atoms with Gasteiger partial charge in [-0.25, -0.2) is 0 Å². The summed E-state index contributed by atoms with van der Waals surface area (Å²) in [6, 6.07) is 0.384. The van der Waals surface area contributed by atoms with Crippen LogP contribution in [0.1, 0.15) is 52.4 Å². The Morgan fingerprint density at radius 3 is 2.53 bits per heavy atom. The molecule has 98 valence electrons. The minimum absolute atomic E-state index is 0.0873. The molecule has 2 atom stereocenters. The molecule has 1 saturated heterocycles. The molecule has 2 N–H and O–H groups in total. The van der Waals surface area contributed by atoms with Gasteiger partial charge < -0.3 is 10.6 Å². The molecule has 2 aliphatic rings. The Balaban J connectivity index is 2.04. The van der Waals surface area contributed by atoms with Gasteiger partial charge in [0.2, 0.25) is 5.91 Å². The van der Waals surface area contributed by atoms with Crippen LogP contribution >= 0.6 is 0 Å². The van der Waals surface area contributed by atoms with Crippen molar-refractivity contribution in [3.05, 3.63) is 0 Å². The Morgan fingerprint density at radius 2 is 2.00 bits per heavy atom. The molecule has 0 radical (unpaired) electrons. The molecule has 1 saturated carbocycles. The van der Waals surface area contributed by atoms with Gasteiger partial charge in [-0.05, 0) is 38.6 Å². The summed E-state index contributed by atoms with van der Waals surface area (Å²) < 4.78 is 0. The van der Waals surface area contributed by atoms with Crippen LogP contribution in [0.4, 0.5) is 0 Å². The molecule has 0 aromatic heterocycles. The van der Waals surface area contributed by atoms with Gasteiger partial charge in [-0.1, -0.05) is 26.2 Å². The normalized spacial score (nSPS) is 32.8. The van der Waals surface area contributed by atoms with Crippen molar-refractivity contribution in [1.29, 1.82) is 0 Å². The molecule has 0 aromatic carbocycles. The fourth-order valence-corrected chi connectivity index (χ4v) is 3.49. The van der Waals surface area contributed by atoms with Crippen LogP contribution in [0, 0.1) is 11.3 Å². The fourth-order valence-electron chi connectivity index (χ4n) is 3.49. The van der Waals surface area contributed by atoms with Crippen molar-refractivity contribution in [1.82, 2.24) is 4.90 Å². The van der Waals surface area contributed by atoms with Gasteiger partial charge in [-0.3, -0.25) is 4.79 Å². The van der Waals surface area contributed by atoms with E-state index in [0.29, 0.717) is 24.4 Å². The van der Waals surface area contributed by atoms with E-state index >= 15 is 0 Å². The summed E-state index contributed by atoms with van der Waals surface area (Å²) in [5.41, 5.74) is 5.64. The van der Waals surface area contributed by atoms with Crippen LogP contribution in [0.3, 0.4) is 0 Å². The highest BCUT2D eigenvalue weighted by Crippen LogP contribution is 2.39. The van der Waals surface area contributed by atoms with Crippen molar-refractivity contribution < 1.29 is 4.79 Å². The second-order valence-corrected chi connectivity index (χ2v) is 6.27. The third kappa shape index (κ3) is 2.49.